The van der Waals surface area contributed by atoms with Gasteiger partial charge in [0.05, 0.1) is 12.2 Å². The molecule has 0 spiro atoms. The zero-order valence-electron chi connectivity index (χ0n) is 10.1. The summed E-state index contributed by atoms with van der Waals surface area (Å²) >= 11 is 0. The normalized spacial score (nSPS) is 21.1. The first-order valence-corrected chi connectivity index (χ1v) is 5.44. The van der Waals surface area contributed by atoms with Crippen LogP contribution in [0.4, 0.5) is 0 Å². The van der Waals surface area contributed by atoms with Crippen LogP contribution in [0.25, 0.3) is 0 Å². The third-order valence-electron chi connectivity index (χ3n) is 2.89. The van der Waals surface area contributed by atoms with Crippen molar-refractivity contribution < 1.29 is 9.53 Å². The molecule has 1 saturated carbocycles. The number of ether oxygens (including phenoxy) is 1. The van der Waals surface area contributed by atoms with Gasteiger partial charge in [-0.1, -0.05) is 0 Å². The first-order chi connectivity index (χ1) is 6.82. The molecular weight excluding hydrogens is 192 g/mol. The standard InChI is InChI=1S/C11H22N2O2/c1-10(2,3)15-7-11(13-4,9(12)14)8-5-6-8/h8,13H,5-7H2,1-4H3,(H2,12,14). The van der Waals surface area contributed by atoms with Crippen molar-refractivity contribution in [2.24, 2.45) is 11.7 Å². The van der Waals surface area contributed by atoms with Gasteiger partial charge < -0.3 is 15.8 Å². The summed E-state index contributed by atoms with van der Waals surface area (Å²) in [6.07, 6.45) is 2.11. The average Bonchev–Trinajstić information content (AvgIpc) is 2.87. The fourth-order valence-electron chi connectivity index (χ4n) is 1.70. The van der Waals surface area contributed by atoms with Crippen LogP contribution in [0.5, 0.6) is 0 Å². The highest BCUT2D eigenvalue weighted by Crippen LogP contribution is 2.40. The maximum Gasteiger partial charge on any atom is 0.240 e. The lowest BCUT2D eigenvalue weighted by Gasteiger charge is -2.33. The lowest BCUT2D eigenvalue weighted by molar-refractivity contribution is -0.131. The van der Waals surface area contributed by atoms with Gasteiger partial charge in [0.1, 0.15) is 5.54 Å². The SMILES string of the molecule is CNC(COC(C)(C)C)(C(N)=O)C1CC1. The van der Waals surface area contributed by atoms with Crippen LogP contribution in [-0.2, 0) is 9.53 Å². The maximum absolute atomic E-state index is 11.5. The number of hydrogen-bond donors (Lipinski definition) is 2. The Labute approximate surface area is 91.5 Å². The Balaban J connectivity index is 2.68. The smallest absolute Gasteiger partial charge is 0.240 e. The number of nitrogens with two attached hydrogens (primary N) is 1. The molecule has 15 heavy (non-hydrogen) atoms. The Bertz CT molecular complexity index is 243. The van der Waals surface area contributed by atoms with E-state index >= 15 is 0 Å². The number of hydrogen-bond acceptors (Lipinski definition) is 3. The van der Waals surface area contributed by atoms with E-state index in [4.69, 9.17) is 10.5 Å². The minimum atomic E-state index is -0.673. The second-order valence-electron chi connectivity index (χ2n) is 5.26. The van der Waals surface area contributed by atoms with Crippen molar-refractivity contribution in [2.75, 3.05) is 13.7 Å². The number of carbonyl (C=O) groups excluding carboxylic acids is 1. The highest BCUT2D eigenvalue weighted by atomic mass is 16.5. The van der Waals surface area contributed by atoms with Gasteiger partial charge >= 0.3 is 0 Å². The van der Waals surface area contributed by atoms with Gasteiger partial charge in [-0.2, -0.15) is 0 Å². The van der Waals surface area contributed by atoms with E-state index in [9.17, 15) is 4.79 Å². The van der Waals surface area contributed by atoms with Gasteiger partial charge in [-0.05, 0) is 46.6 Å². The number of carbonyl (C=O) groups is 1. The van der Waals surface area contributed by atoms with E-state index in [0.717, 1.165) is 12.8 Å². The molecule has 88 valence electrons. The van der Waals surface area contributed by atoms with Gasteiger partial charge in [-0.15, -0.1) is 0 Å². The summed E-state index contributed by atoms with van der Waals surface area (Å²) in [7, 11) is 1.77. The largest absolute Gasteiger partial charge is 0.373 e. The van der Waals surface area contributed by atoms with E-state index in [-0.39, 0.29) is 11.5 Å². The molecule has 0 saturated heterocycles. The Hall–Kier alpha value is -0.610. The summed E-state index contributed by atoms with van der Waals surface area (Å²) in [5, 5.41) is 3.05. The summed E-state index contributed by atoms with van der Waals surface area (Å²) in [6, 6.07) is 0. The van der Waals surface area contributed by atoms with E-state index in [1.165, 1.54) is 0 Å². The van der Waals surface area contributed by atoms with E-state index in [1.54, 1.807) is 7.05 Å². The predicted octanol–water partition coefficient (Wildman–Crippen LogP) is 0.655. The monoisotopic (exact) mass is 214 g/mol. The second-order valence-corrected chi connectivity index (χ2v) is 5.26. The minimum Gasteiger partial charge on any atom is -0.373 e. The van der Waals surface area contributed by atoms with Crippen molar-refractivity contribution in [3.63, 3.8) is 0 Å². The number of likely N-dealkylation sites (N-methyl/N-ethyl adjacent to an activating group) is 1. The van der Waals surface area contributed by atoms with Crippen LogP contribution in [-0.4, -0.2) is 30.7 Å². The third-order valence-corrected chi connectivity index (χ3v) is 2.89. The minimum absolute atomic E-state index is 0.244. The summed E-state index contributed by atoms with van der Waals surface area (Å²) in [5.74, 6) is 0.0269. The zero-order valence-corrected chi connectivity index (χ0v) is 10.1. The summed E-state index contributed by atoms with van der Waals surface area (Å²) in [6.45, 7) is 6.27. The molecule has 1 unspecified atom stereocenters. The molecule has 1 rings (SSSR count). The van der Waals surface area contributed by atoms with Crippen LogP contribution >= 0.6 is 0 Å². The van der Waals surface area contributed by atoms with Crippen molar-refractivity contribution in [2.45, 2.75) is 44.8 Å². The Morgan fingerprint density at radius 2 is 2.00 bits per heavy atom. The summed E-state index contributed by atoms with van der Waals surface area (Å²) in [4.78, 5) is 11.5. The highest BCUT2D eigenvalue weighted by Gasteiger charge is 2.49. The van der Waals surface area contributed by atoms with Gasteiger partial charge in [0.15, 0.2) is 0 Å². The zero-order chi connectivity index (χ0) is 11.7. The molecule has 1 fully saturated rings. The Kier molecular flexibility index (Phi) is 3.41. The molecule has 1 atom stereocenters. The van der Waals surface area contributed by atoms with Crippen LogP contribution in [0.3, 0.4) is 0 Å². The first kappa shape index (κ1) is 12.5. The van der Waals surface area contributed by atoms with Crippen LogP contribution in [0.15, 0.2) is 0 Å². The first-order valence-electron chi connectivity index (χ1n) is 5.44. The van der Waals surface area contributed by atoms with Gasteiger partial charge in [0, 0.05) is 0 Å². The average molecular weight is 214 g/mol. The summed E-state index contributed by atoms with van der Waals surface area (Å²) < 4.78 is 5.68. The van der Waals surface area contributed by atoms with Gasteiger partial charge in [-0.25, -0.2) is 0 Å². The molecule has 0 radical (unpaired) electrons. The molecule has 1 amide bonds. The Morgan fingerprint density at radius 1 is 1.47 bits per heavy atom. The van der Waals surface area contributed by atoms with Crippen LogP contribution in [0.2, 0.25) is 0 Å². The van der Waals surface area contributed by atoms with E-state index in [1.807, 2.05) is 20.8 Å². The Morgan fingerprint density at radius 3 is 2.27 bits per heavy atom. The van der Waals surface area contributed by atoms with Crippen molar-refractivity contribution in [1.82, 2.24) is 5.32 Å². The maximum atomic E-state index is 11.5. The molecule has 4 heteroatoms. The molecule has 1 aliphatic carbocycles. The summed E-state index contributed by atoms with van der Waals surface area (Å²) in [5.41, 5.74) is 4.55. The topological polar surface area (TPSA) is 64.3 Å². The second kappa shape index (κ2) is 4.10. The molecule has 1 aliphatic rings. The molecule has 4 nitrogen and oxygen atoms in total. The van der Waals surface area contributed by atoms with Crippen LogP contribution in [0, 0.1) is 5.92 Å². The number of nitrogens with one attached hydrogen (secondary N) is 1. The fraction of sp³-hybridized carbons (Fsp3) is 0.909. The van der Waals surface area contributed by atoms with Crippen molar-refractivity contribution >= 4 is 5.91 Å². The highest BCUT2D eigenvalue weighted by molar-refractivity contribution is 5.85. The third kappa shape index (κ3) is 2.92. The van der Waals surface area contributed by atoms with Crippen molar-refractivity contribution in [3.05, 3.63) is 0 Å². The molecule has 0 heterocycles. The molecular formula is C11H22N2O2. The molecule has 0 bridgehead atoms. The van der Waals surface area contributed by atoms with Gasteiger partial charge in [-0.3, -0.25) is 4.79 Å². The van der Waals surface area contributed by atoms with E-state index < -0.39 is 5.54 Å². The molecule has 0 aromatic heterocycles. The van der Waals surface area contributed by atoms with Gasteiger partial charge in [0.25, 0.3) is 0 Å². The van der Waals surface area contributed by atoms with E-state index in [0.29, 0.717) is 12.5 Å². The number of amides is 1. The lowest BCUT2D eigenvalue weighted by atomic mass is 9.93. The molecule has 0 aliphatic heterocycles. The molecule has 0 aromatic rings. The lowest BCUT2D eigenvalue weighted by Crippen LogP contribution is -2.59. The number of primary amides is 1. The van der Waals surface area contributed by atoms with Gasteiger partial charge in [0.2, 0.25) is 5.91 Å². The van der Waals surface area contributed by atoms with E-state index in [2.05, 4.69) is 5.32 Å². The molecule has 0 aromatic carbocycles. The number of rotatable bonds is 5. The van der Waals surface area contributed by atoms with Crippen LogP contribution < -0.4 is 11.1 Å². The van der Waals surface area contributed by atoms with Crippen LogP contribution in [0.1, 0.15) is 33.6 Å². The fourth-order valence-corrected chi connectivity index (χ4v) is 1.70. The van der Waals surface area contributed by atoms with Crippen molar-refractivity contribution in [3.8, 4) is 0 Å². The van der Waals surface area contributed by atoms with Crippen molar-refractivity contribution in [1.29, 1.82) is 0 Å². The predicted molar refractivity (Wildman–Crippen MR) is 59.4 cm³/mol. The molecule has 3 N–H and O–H groups in total. The quantitative estimate of drug-likeness (QED) is 0.706.